The Kier molecular flexibility index (Phi) is 5.30. The predicted molar refractivity (Wildman–Crippen MR) is 104 cm³/mol. The lowest BCUT2D eigenvalue weighted by Crippen LogP contribution is -2.42. The van der Waals surface area contributed by atoms with Crippen molar-refractivity contribution in [3.63, 3.8) is 0 Å². The summed E-state index contributed by atoms with van der Waals surface area (Å²) in [6.07, 6.45) is 2.42. The lowest BCUT2D eigenvalue weighted by atomic mass is 9.95. The number of nitrogens with one attached hydrogen (secondary N) is 1. The number of hydrogen-bond donors (Lipinski definition) is 1. The van der Waals surface area contributed by atoms with Gasteiger partial charge in [0.05, 0.1) is 6.04 Å². The van der Waals surface area contributed by atoms with Crippen LogP contribution >= 0.6 is 0 Å². The number of nitrogens with zero attached hydrogens (tertiary/aromatic N) is 1. The van der Waals surface area contributed by atoms with Crippen molar-refractivity contribution in [2.45, 2.75) is 25.8 Å². The van der Waals surface area contributed by atoms with Crippen LogP contribution in [0.5, 0.6) is 11.5 Å². The van der Waals surface area contributed by atoms with Crippen molar-refractivity contribution in [1.29, 1.82) is 0 Å². The highest BCUT2D eigenvalue weighted by atomic mass is 16.7. The summed E-state index contributed by atoms with van der Waals surface area (Å²) in [5, 5.41) is 3.12. The van der Waals surface area contributed by atoms with Crippen molar-refractivity contribution in [1.82, 2.24) is 10.2 Å². The minimum Gasteiger partial charge on any atom is -0.454 e. The first kappa shape index (κ1) is 17.9. The number of piperidine rings is 1. The summed E-state index contributed by atoms with van der Waals surface area (Å²) in [7, 11) is 0. The highest BCUT2D eigenvalue weighted by Crippen LogP contribution is 2.32. The topological polar surface area (TPSA) is 50.8 Å². The third-order valence-corrected chi connectivity index (χ3v) is 5.53. The number of carbonyl (C=O) groups is 1. The Balaban J connectivity index is 1.46. The van der Waals surface area contributed by atoms with Crippen molar-refractivity contribution < 1.29 is 14.3 Å². The average molecular weight is 366 g/mol. The second-order valence-electron chi connectivity index (χ2n) is 7.42. The maximum absolute atomic E-state index is 12.7. The molecule has 2 aliphatic rings. The molecule has 2 aromatic carbocycles. The van der Waals surface area contributed by atoms with Crippen LogP contribution < -0.4 is 14.8 Å². The molecule has 5 heteroatoms. The highest BCUT2D eigenvalue weighted by molar-refractivity contribution is 5.95. The first-order chi connectivity index (χ1) is 13.2. The Morgan fingerprint density at radius 2 is 1.85 bits per heavy atom. The summed E-state index contributed by atoms with van der Waals surface area (Å²) in [5.74, 6) is 2.02. The fourth-order valence-electron chi connectivity index (χ4n) is 3.80. The van der Waals surface area contributed by atoms with Crippen molar-refractivity contribution >= 4 is 5.91 Å². The zero-order valence-corrected chi connectivity index (χ0v) is 15.7. The van der Waals surface area contributed by atoms with Crippen LogP contribution in [0.3, 0.4) is 0 Å². The second kappa shape index (κ2) is 8.01. The molecule has 2 heterocycles. The lowest BCUT2D eigenvalue weighted by Gasteiger charge is -2.37. The number of fused-ring (bicyclic) bond motifs is 1. The normalized spacial score (nSPS) is 18.3. The molecule has 0 aliphatic carbocycles. The van der Waals surface area contributed by atoms with E-state index in [4.69, 9.17) is 9.47 Å². The van der Waals surface area contributed by atoms with E-state index >= 15 is 0 Å². The van der Waals surface area contributed by atoms with Crippen LogP contribution in [0.4, 0.5) is 0 Å². The third kappa shape index (κ3) is 4.08. The minimum absolute atomic E-state index is 0.0837. The Bertz CT molecular complexity index is 785. The van der Waals surface area contributed by atoms with Gasteiger partial charge in [0.1, 0.15) is 0 Å². The molecule has 1 unspecified atom stereocenters. The average Bonchev–Trinajstić information content (AvgIpc) is 3.18. The number of likely N-dealkylation sites (tertiary alicyclic amines) is 1. The fourth-order valence-corrected chi connectivity index (χ4v) is 3.80. The largest absolute Gasteiger partial charge is 0.454 e. The van der Waals surface area contributed by atoms with Gasteiger partial charge in [-0.05, 0) is 55.6 Å². The molecule has 1 amide bonds. The molecular formula is C22H26N2O3. The van der Waals surface area contributed by atoms with Gasteiger partial charge in [-0.15, -0.1) is 0 Å². The molecule has 1 N–H and O–H groups in total. The second-order valence-corrected chi connectivity index (χ2v) is 7.42. The van der Waals surface area contributed by atoms with Gasteiger partial charge in [-0.3, -0.25) is 9.69 Å². The number of ether oxygens (including phenoxy) is 2. The van der Waals surface area contributed by atoms with Crippen molar-refractivity contribution in [3.05, 3.63) is 59.7 Å². The van der Waals surface area contributed by atoms with Crippen LogP contribution in [0.2, 0.25) is 0 Å². The Labute approximate surface area is 160 Å². The molecule has 5 nitrogen and oxygen atoms in total. The quantitative estimate of drug-likeness (QED) is 0.878. The van der Waals surface area contributed by atoms with Gasteiger partial charge in [-0.2, -0.15) is 0 Å². The molecule has 27 heavy (non-hydrogen) atoms. The number of carbonyl (C=O) groups excluding carboxylic acids is 1. The van der Waals surface area contributed by atoms with Gasteiger partial charge in [-0.25, -0.2) is 0 Å². The Morgan fingerprint density at radius 3 is 2.63 bits per heavy atom. The zero-order chi connectivity index (χ0) is 18.6. The summed E-state index contributed by atoms with van der Waals surface area (Å²) >= 11 is 0. The molecule has 1 fully saturated rings. The van der Waals surface area contributed by atoms with Crippen molar-refractivity contribution in [2.75, 3.05) is 26.4 Å². The third-order valence-electron chi connectivity index (χ3n) is 5.53. The molecule has 0 spiro atoms. The Hall–Kier alpha value is -2.53. The predicted octanol–water partition coefficient (Wildman–Crippen LogP) is 3.62. The summed E-state index contributed by atoms with van der Waals surface area (Å²) in [5.41, 5.74) is 1.84. The van der Waals surface area contributed by atoms with Gasteiger partial charge >= 0.3 is 0 Å². The van der Waals surface area contributed by atoms with Crippen molar-refractivity contribution in [3.8, 4) is 11.5 Å². The Morgan fingerprint density at radius 1 is 1.11 bits per heavy atom. The maximum atomic E-state index is 12.7. The van der Waals surface area contributed by atoms with Crippen LogP contribution in [-0.4, -0.2) is 37.2 Å². The molecule has 0 saturated carbocycles. The monoisotopic (exact) mass is 366 g/mol. The van der Waals surface area contributed by atoms with E-state index in [1.807, 2.05) is 6.07 Å². The molecule has 0 aromatic heterocycles. The maximum Gasteiger partial charge on any atom is 0.251 e. The molecule has 0 bridgehead atoms. The lowest BCUT2D eigenvalue weighted by molar-refractivity contribution is 0.0912. The fraction of sp³-hybridized carbons (Fsp3) is 0.409. The molecule has 2 aromatic rings. The van der Waals surface area contributed by atoms with Gasteiger partial charge < -0.3 is 14.8 Å². The van der Waals surface area contributed by atoms with Crippen LogP contribution in [0.1, 0.15) is 41.7 Å². The SMILES string of the molecule is CC1CCN(C(CNC(=O)c2ccc3c(c2)OCO3)c2ccccc2)CC1. The van der Waals surface area contributed by atoms with E-state index in [-0.39, 0.29) is 18.7 Å². The molecule has 2 aliphatic heterocycles. The van der Waals surface area contributed by atoms with E-state index in [9.17, 15) is 4.79 Å². The van der Waals surface area contributed by atoms with Gasteiger partial charge in [0.25, 0.3) is 5.91 Å². The van der Waals surface area contributed by atoms with E-state index in [0.29, 0.717) is 23.6 Å². The van der Waals surface area contributed by atoms with Crippen LogP contribution in [0, 0.1) is 5.92 Å². The van der Waals surface area contributed by atoms with Gasteiger partial charge in [0, 0.05) is 12.1 Å². The van der Waals surface area contributed by atoms with Crippen molar-refractivity contribution in [2.24, 2.45) is 5.92 Å². The van der Waals surface area contributed by atoms with Gasteiger partial charge in [0.15, 0.2) is 11.5 Å². The van der Waals surface area contributed by atoms with Crippen LogP contribution in [0.15, 0.2) is 48.5 Å². The summed E-state index contributed by atoms with van der Waals surface area (Å²) < 4.78 is 10.7. The first-order valence-electron chi connectivity index (χ1n) is 9.67. The van der Waals surface area contributed by atoms with Gasteiger partial charge in [-0.1, -0.05) is 37.3 Å². The van der Waals surface area contributed by atoms with E-state index in [1.165, 1.54) is 18.4 Å². The standard InChI is InChI=1S/C22H26N2O3/c1-16-9-11-24(12-10-16)19(17-5-3-2-4-6-17)14-23-22(25)18-7-8-20-21(13-18)27-15-26-20/h2-8,13,16,19H,9-12,14-15H2,1H3,(H,23,25). The number of hydrogen-bond acceptors (Lipinski definition) is 4. The molecule has 0 radical (unpaired) electrons. The molecule has 142 valence electrons. The number of amides is 1. The van der Waals surface area contributed by atoms with E-state index in [2.05, 4.69) is 41.4 Å². The number of rotatable bonds is 5. The number of benzene rings is 2. The van der Waals surface area contributed by atoms with Crippen LogP contribution in [0.25, 0.3) is 0 Å². The van der Waals surface area contributed by atoms with Gasteiger partial charge in [0.2, 0.25) is 6.79 Å². The first-order valence-corrected chi connectivity index (χ1v) is 9.67. The molecular weight excluding hydrogens is 340 g/mol. The summed E-state index contributed by atoms with van der Waals surface area (Å²) in [4.78, 5) is 15.2. The molecule has 4 rings (SSSR count). The molecule has 1 atom stereocenters. The molecule has 1 saturated heterocycles. The van der Waals surface area contributed by atoms with E-state index in [0.717, 1.165) is 19.0 Å². The minimum atomic E-state index is -0.0837. The highest BCUT2D eigenvalue weighted by Gasteiger charge is 2.25. The summed E-state index contributed by atoms with van der Waals surface area (Å²) in [6.45, 7) is 5.26. The van der Waals surface area contributed by atoms with Crippen LogP contribution in [-0.2, 0) is 0 Å². The van der Waals surface area contributed by atoms with E-state index in [1.54, 1.807) is 18.2 Å². The van der Waals surface area contributed by atoms with E-state index < -0.39 is 0 Å². The summed E-state index contributed by atoms with van der Waals surface area (Å²) in [6, 6.07) is 16.0. The smallest absolute Gasteiger partial charge is 0.251 e. The zero-order valence-electron chi connectivity index (χ0n) is 15.7.